The zero-order valence-corrected chi connectivity index (χ0v) is 12.3. The van der Waals surface area contributed by atoms with Gasteiger partial charge in [0.25, 0.3) is 0 Å². The van der Waals surface area contributed by atoms with Crippen LogP contribution in [-0.2, 0) is 4.74 Å². The van der Waals surface area contributed by atoms with Crippen LogP contribution in [0.1, 0.15) is 30.9 Å². The molecule has 0 aromatic heterocycles. The minimum Gasteiger partial charge on any atom is -0.373 e. The summed E-state index contributed by atoms with van der Waals surface area (Å²) in [6, 6.07) is 20.9. The summed E-state index contributed by atoms with van der Waals surface area (Å²) in [5.74, 6) is 0.134. The lowest BCUT2D eigenvalue weighted by Crippen LogP contribution is -2.44. The summed E-state index contributed by atoms with van der Waals surface area (Å²) >= 11 is 0. The third-order valence-electron chi connectivity index (χ3n) is 3.76. The topological polar surface area (TPSA) is 35.2 Å². The predicted molar refractivity (Wildman–Crippen MR) is 83.8 cm³/mol. The minimum atomic E-state index is -0.405. The first-order valence-electron chi connectivity index (χ1n) is 7.15. The second-order valence-corrected chi connectivity index (χ2v) is 5.20. The Morgan fingerprint density at radius 2 is 1.40 bits per heavy atom. The summed E-state index contributed by atoms with van der Waals surface area (Å²) < 4.78 is 6.02. The van der Waals surface area contributed by atoms with Crippen LogP contribution in [0.3, 0.4) is 0 Å². The van der Waals surface area contributed by atoms with Gasteiger partial charge in [0, 0.05) is 19.1 Å². The van der Waals surface area contributed by atoms with E-state index in [1.807, 2.05) is 19.1 Å². The maximum absolute atomic E-state index is 6.04. The molecule has 0 saturated carbocycles. The lowest BCUT2D eigenvalue weighted by Gasteiger charge is -2.37. The maximum atomic E-state index is 6.04. The Hall–Kier alpha value is -1.64. The van der Waals surface area contributed by atoms with Crippen LogP contribution < -0.4 is 5.73 Å². The van der Waals surface area contributed by atoms with Gasteiger partial charge in [0.1, 0.15) is 0 Å². The van der Waals surface area contributed by atoms with Gasteiger partial charge >= 0.3 is 0 Å². The molecule has 0 spiro atoms. The molecule has 0 aliphatic heterocycles. The molecule has 2 rings (SSSR count). The zero-order chi connectivity index (χ0) is 14.4. The Bertz CT molecular complexity index is 472. The van der Waals surface area contributed by atoms with Crippen LogP contribution in [0.2, 0.25) is 0 Å². The van der Waals surface area contributed by atoms with Crippen molar-refractivity contribution in [2.24, 2.45) is 5.73 Å². The van der Waals surface area contributed by atoms with Gasteiger partial charge in [0.05, 0.1) is 5.60 Å². The van der Waals surface area contributed by atoms with Crippen LogP contribution in [0.4, 0.5) is 0 Å². The summed E-state index contributed by atoms with van der Waals surface area (Å²) in [4.78, 5) is 0. The van der Waals surface area contributed by atoms with Crippen molar-refractivity contribution < 1.29 is 4.74 Å². The molecular formula is C18H23NO. The Morgan fingerprint density at radius 3 is 1.75 bits per heavy atom. The van der Waals surface area contributed by atoms with Gasteiger partial charge in [0.2, 0.25) is 0 Å². The van der Waals surface area contributed by atoms with Crippen molar-refractivity contribution in [2.45, 2.75) is 25.4 Å². The van der Waals surface area contributed by atoms with Crippen molar-refractivity contribution in [3.8, 4) is 0 Å². The molecule has 0 fully saturated rings. The van der Waals surface area contributed by atoms with E-state index >= 15 is 0 Å². The molecule has 0 saturated heterocycles. The molecular weight excluding hydrogens is 246 g/mol. The van der Waals surface area contributed by atoms with E-state index < -0.39 is 5.60 Å². The number of hydrogen-bond donors (Lipinski definition) is 1. The maximum Gasteiger partial charge on any atom is 0.0884 e. The third kappa shape index (κ3) is 3.09. The van der Waals surface area contributed by atoms with Crippen LogP contribution in [0.5, 0.6) is 0 Å². The normalized spacial score (nSPS) is 14.2. The Morgan fingerprint density at radius 1 is 0.950 bits per heavy atom. The van der Waals surface area contributed by atoms with Gasteiger partial charge in [-0.1, -0.05) is 60.7 Å². The summed E-state index contributed by atoms with van der Waals surface area (Å²) in [5.41, 5.74) is 8.11. The number of benzene rings is 2. The van der Waals surface area contributed by atoms with Crippen LogP contribution in [0.15, 0.2) is 60.7 Å². The fourth-order valence-corrected chi connectivity index (χ4v) is 2.78. The third-order valence-corrected chi connectivity index (χ3v) is 3.76. The molecule has 2 N–H and O–H groups in total. The Balaban J connectivity index is 2.50. The van der Waals surface area contributed by atoms with Crippen molar-refractivity contribution in [3.05, 3.63) is 71.8 Å². The lowest BCUT2D eigenvalue weighted by molar-refractivity contribution is -0.0297. The molecule has 0 bridgehead atoms. The van der Waals surface area contributed by atoms with Crippen molar-refractivity contribution in [2.75, 3.05) is 13.2 Å². The van der Waals surface area contributed by atoms with E-state index in [1.165, 1.54) is 11.1 Å². The van der Waals surface area contributed by atoms with Crippen molar-refractivity contribution in [1.29, 1.82) is 0 Å². The fourth-order valence-electron chi connectivity index (χ4n) is 2.78. The van der Waals surface area contributed by atoms with E-state index in [0.717, 1.165) is 0 Å². The largest absolute Gasteiger partial charge is 0.373 e. The van der Waals surface area contributed by atoms with E-state index in [-0.39, 0.29) is 5.92 Å². The molecule has 2 aromatic carbocycles. The second-order valence-electron chi connectivity index (χ2n) is 5.20. The molecule has 0 aliphatic rings. The molecule has 2 nitrogen and oxygen atoms in total. The van der Waals surface area contributed by atoms with E-state index in [2.05, 4.69) is 55.5 Å². The average Bonchev–Trinajstić information content (AvgIpc) is 2.50. The van der Waals surface area contributed by atoms with E-state index in [1.54, 1.807) is 0 Å². The molecule has 1 unspecified atom stereocenters. The molecule has 0 heterocycles. The number of rotatable bonds is 6. The van der Waals surface area contributed by atoms with Crippen molar-refractivity contribution in [1.82, 2.24) is 0 Å². The number of nitrogens with two attached hydrogens (primary N) is 1. The average molecular weight is 269 g/mol. The van der Waals surface area contributed by atoms with Gasteiger partial charge in [-0.15, -0.1) is 0 Å². The van der Waals surface area contributed by atoms with Crippen molar-refractivity contribution >= 4 is 0 Å². The van der Waals surface area contributed by atoms with Gasteiger partial charge in [-0.05, 0) is 25.0 Å². The highest BCUT2D eigenvalue weighted by Gasteiger charge is 2.35. The standard InChI is InChI=1S/C18H23NO/c1-3-20-18(2,14-19)17(15-10-6-4-7-11-15)16-12-8-5-9-13-16/h4-13,17H,3,14,19H2,1-2H3. The predicted octanol–water partition coefficient (Wildman–Crippen LogP) is 3.57. The minimum absolute atomic E-state index is 0.134. The quantitative estimate of drug-likeness (QED) is 0.870. The lowest BCUT2D eigenvalue weighted by atomic mass is 9.78. The van der Waals surface area contributed by atoms with Gasteiger partial charge in [-0.3, -0.25) is 0 Å². The summed E-state index contributed by atoms with van der Waals surface area (Å²) in [6.07, 6.45) is 0. The van der Waals surface area contributed by atoms with Crippen molar-refractivity contribution in [3.63, 3.8) is 0 Å². The highest BCUT2D eigenvalue weighted by Crippen LogP contribution is 2.36. The molecule has 0 radical (unpaired) electrons. The first-order valence-corrected chi connectivity index (χ1v) is 7.15. The first kappa shape index (κ1) is 14.8. The Labute approximate surface area is 121 Å². The van der Waals surface area contributed by atoms with Gasteiger partial charge < -0.3 is 10.5 Å². The van der Waals surface area contributed by atoms with Gasteiger partial charge in [0.15, 0.2) is 0 Å². The van der Waals surface area contributed by atoms with E-state index in [9.17, 15) is 0 Å². The van der Waals surface area contributed by atoms with Crippen LogP contribution in [0.25, 0.3) is 0 Å². The highest BCUT2D eigenvalue weighted by atomic mass is 16.5. The highest BCUT2D eigenvalue weighted by molar-refractivity contribution is 5.36. The molecule has 2 heteroatoms. The Kier molecular flexibility index (Phi) is 4.94. The summed E-state index contributed by atoms with van der Waals surface area (Å²) in [5, 5.41) is 0. The molecule has 106 valence electrons. The molecule has 0 aliphatic carbocycles. The molecule has 20 heavy (non-hydrogen) atoms. The molecule has 1 atom stereocenters. The summed E-state index contributed by atoms with van der Waals surface area (Å²) in [6.45, 7) is 5.25. The molecule has 0 amide bonds. The van der Waals surface area contributed by atoms with Gasteiger partial charge in [-0.25, -0.2) is 0 Å². The molecule has 2 aromatic rings. The van der Waals surface area contributed by atoms with Crippen LogP contribution >= 0.6 is 0 Å². The number of hydrogen-bond acceptors (Lipinski definition) is 2. The van der Waals surface area contributed by atoms with Crippen LogP contribution in [-0.4, -0.2) is 18.8 Å². The number of ether oxygens (including phenoxy) is 1. The fraction of sp³-hybridized carbons (Fsp3) is 0.333. The zero-order valence-electron chi connectivity index (χ0n) is 12.3. The van der Waals surface area contributed by atoms with E-state index in [0.29, 0.717) is 13.2 Å². The second kappa shape index (κ2) is 6.69. The SMILES string of the molecule is CCOC(C)(CN)C(c1ccccc1)c1ccccc1. The summed E-state index contributed by atoms with van der Waals surface area (Å²) in [7, 11) is 0. The first-order chi connectivity index (χ1) is 9.71. The van der Waals surface area contributed by atoms with Gasteiger partial charge in [-0.2, -0.15) is 0 Å². The van der Waals surface area contributed by atoms with Crippen LogP contribution in [0, 0.1) is 0 Å². The van der Waals surface area contributed by atoms with E-state index in [4.69, 9.17) is 10.5 Å². The monoisotopic (exact) mass is 269 g/mol. The smallest absolute Gasteiger partial charge is 0.0884 e.